The second-order valence-electron chi connectivity index (χ2n) is 7.11. The minimum absolute atomic E-state index is 0.272. The number of hydrogen-bond acceptors (Lipinski definition) is 6. The van der Waals surface area contributed by atoms with Crippen LogP contribution in [0.1, 0.15) is 28.4 Å². The number of nitrogens with one attached hydrogen (secondary N) is 1. The van der Waals surface area contributed by atoms with Crippen molar-refractivity contribution >= 4 is 29.7 Å². The van der Waals surface area contributed by atoms with Gasteiger partial charge in [-0.25, -0.2) is 10.2 Å². The van der Waals surface area contributed by atoms with Crippen LogP contribution in [0.3, 0.4) is 0 Å². The van der Waals surface area contributed by atoms with E-state index in [1.165, 1.54) is 13.3 Å². The van der Waals surface area contributed by atoms with E-state index in [0.717, 1.165) is 5.56 Å². The van der Waals surface area contributed by atoms with Crippen molar-refractivity contribution in [1.29, 1.82) is 0 Å². The van der Waals surface area contributed by atoms with Crippen LogP contribution in [0.2, 0.25) is 5.02 Å². The molecule has 1 amide bonds. The number of halogens is 1. The number of esters is 1. The molecule has 1 N–H and O–H groups in total. The standard InChI is InChI=1S/C25H23ClN2O5/c1-16-4-7-19(8-5-16)25(30)33-22-13-6-18(14-23(22)31-3)15-27-28-24(29)17(2)32-21-11-9-20(26)10-12-21/h4-15,17H,1-3H3,(H,28,29)/b27-15+. The van der Waals surface area contributed by atoms with Crippen molar-refractivity contribution in [3.05, 3.63) is 88.4 Å². The monoisotopic (exact) mass is 466 g/mol. The fourth-order valence-corrected chi connectivity index (χ4v) is 2.86. The lowest BCUT2D eigenvalue weighted by Crippen LogP contribution is -2.33. The molecular weight excluding hydrogens is 444 g/mol. The molecule has 0 heterocycles. The van der Waals surface area contributed by atoms with Crippen molar-refractivity contribution in [2.24, 2.45) is 5.10 Å². The summed E-state index contributed by atoms with van der Waals surface area (Å²) in [6.07, 6.45) is 0.683. The molecule has 0 bridgehead atoms. The Labute approximate surface area is 196 Å². The normalized spacial score (nSPS) is 11.6. The zero-order valence-electron chi connectivity index (χ0n) is 18.4. The Hall–Kier alpha value is -3.84. The summed E-state index contributed by atoms with van der Waals surface area (Å²) in [5, 5.41) is 4.53. The largest absolute Gasteiger partial charge is 0.493 e. The second kappa shape index (κ2) is 11.2. The molecule has 33 heavy (non-hydrogen) atoms. The quantitative estimate of drug-likeness (QED) is 0.223. The predicted octanol–water partition coefficient (Wildman–Crippen LogP) is 4.79. The number of rotatable bonds is 8. The van der Waals surface area contributed by atoms with E-state index in [1.54, 1.807) is 61.5 Å². The lowest BCUT2D eigenvalue weighted by atomic mass is 10.1. The summed E-state index contributed by atoms with van der Waals surface area (Å²) in [5.41, 5.74) is 4.54. The first kappa shape index (κ1) is 23.8. The number of benzene rings is 3. The molecule has 1 unspecified atom stereocenters. The summed E-state index contributed by atoms with van der Waals surface area (Å²) in [5.74, 6) is 0.236. The third-order valence-corrected chi connectivity index (χ3v) is 4.81. The number of hydrazone groups is 1. The van der Waals surface area contributed by atoms with Gasteiger partial charge in [0.1, 0.15) is 5.75 Å². The van der Waals surface area contributed by atoms with Gasteiger partial charge in [0.15, 0.2) is 17.6 Å². The maximum atomic E-state index is 12.4. The van der Waals surface area contributed by atoms with Crippen LogP contribution in [0.4, 0.5) is 0 Å². The number of hydrogen-bond donors (Lipinski definition) is 1. The van der Waals surface area contributed by atoms with Crippen molar-refractivity contribution in [3.8, 4) is 17.2 Å². The number of carbonyl (C=O) groups is 2. The van der Waals surface area contributed by atoms with Gasteiger partial charge in [0, 0.05) is 5.02 Å². The lowest BCUT2D eigenvalue weighted by Gasteiger charge is -2.13. The van der Waals surface area contributed by atoms with E-state index >= 15 is 0 Å². The molecule has 0 saturated carbocycles. The highest BCUT2D eigenvalue weighted by molar-refractivity contribution is 6.30. The predicted molar refractivity (Wildman–Crippen MR) is 126 cm³/mol. The van der Waals surface area contributed by atoms with Crippen LogP contribution in [0.25, 0.3) is 0 Å². The van der Waals surface area contributed by atoms with Crippen LogP contribution in [-0.4, -0.2) is 31.3 Å². The zero-order valence-corrected chi connectivity index (χ0v) is 19.1. The maximum Gasteiger partial charge on any atom is 0.343 e. The molecule has 0 aliphatic heterocycles. The molecule has 3 aromatic carbocycles. The zero-order chi connectivity index (χ0) is 23.8. The van der Waals surface area contributed by atoms with Gasteiger partial charge >= 0.3 is 5.97 Å². The summed E-state index contributed by atoms with van der Waals surface area (Å²) in [4.78, 5) is 24.6. The molecule has 0 aromatic heterocycles. The average molecular weight is 467 g/mol. The minimum atomic E-state index is -0.763. The molecule has 0 radical (unpaired) electrons. The Morgan fingerprint density at radius 1 is 1.00 bits per heavy atom. The lowest BCUT2D eigenvalue weighted by molar-refractivity contribution is -0.127. The molecule has 0 spiro atoms. The molecule has 8 heteroatoms. The van der Waals surface area contributed by atoms with Gasteiger partial charge in [-0.3, -0.25) is 4.79 Å². The Morgan fingerprint density at radius 2 is 1.70 bits per heavy atom. The number of methoxy groups -OCH3 is 1. The molecule has 7 nitrogen and oxygen atoms in total. The van der Waals surface area contributed by atoms with E-state index in [1.807, 2.05) is 19.1 Å². The first-order valence-electron chi connectivity index (χ1n) is 10.1. The maximum absolute atomic E-state index is 12.4. The van der Waals surface area contributed by atoms with E-state index in [0.29, 0.717) is 27.6 Å². The first-order chi connectivity index (χ1) is 15.9. The van der Waals surface area contributed by atoms with Gasteiger partial charge in [-0.05, 0) is 74.0 Å². The SMILES string of the molecule is COc1cc(/C=N/NC(=O)C(C)Oc2ccc(Cl)cc2)ccc1OC(=O)c1ccc(C)cc1. The Bertz CT molecular complexity index is 1140. The Balaban J connectivity index is 1.59. The number of aryl methyl sites for hydroxylation is 1. The van der Waals surface area contributed by atoms with E-state index in [-0.39, 0.29) is 5.75 Å². The summed E-state index contributed by atoms with van der Waals surface area (Å²) < 4.78 is 16.3. The smallest absolute Gasteiger partial charge is 0.343 e. The Morgan fingerprint density at radius 3 is 2.36 bits per heavy atom. The third kappa shape index (κ3) is 6.82. The summed E-state index contributed by atoms with van der Waals surface area (Å²) >= 11 is 5.84. The van der Waals surface area contributed by atoms with Gasteiger partial charge in [0.05, 0.1) is 18.9 Å². The van der Waals surface area contributed by atoms with Gasteiger partial charge in [0.2, 0.25) is 0 Å². The third-order valence-electron chi connectivity index (χ3n) is 4.56. The minimum Gasteiger partial charge on any atom is -0.493 e. The molecule has 0 aliphatic rings. The highest BCUT2D eigenvalue weighted by atomic mass is 35.5. The van der Waals surface area contributed by atoms with Gasteiger partial charge in [-0.1, -0.05) is 29.3 Å². The second-order valence-corrected chi connectivity index (χ2v) is 7.55. The van der Waals surface area contributed by atoms with Crippen LogP contribution < -0.4 is 19.6 Å². The summed E-state index contributed by atoms with van der Waals surface area (Å²) in [7, 11) is 1.47. The van der Waals surface area contributed by atoms with Crippen LogP contribution >= 0.6 is 11.6 Å². The van der Waals surface area contributed by atoms with Crippen LogP contribution in [0.15, 0.2) is 71.8 Å². The van der Waals surface area contributed by atoms with Gasteiger partial charge in [0.25, 0.3) is 5.91 Å². The number of amides is 1. The molecule has 0 aliphatic carbocycles. The first-order valence-corrected chi connectivity index (χ1v) is 10.5. The average Bonchev–Trinajstić information content (AvgIpc) is 2.81. The van der Waals surface area contributed by atoms with Crippen molar-refractivity contribution in [1.82, 2.24) is 5.43 Å². The van der Waals surface area contributed by atoms with Crippen molar-refractivity contribution in [2.75, 3.05) is 7.11 Å². The van der Waals surface area contributed by atoms with Gasteiger partial charge < -0.3 is 14.2 Å². The molecule has 3 aromatic rings. The summed E-state index contributed by atoms with van der Waals surface area (Å²) in [6.45, 7) is 3.55. The highest BCUT2D eigenvalue weighted by Crippen LogP contribution is 2.28. The van der Waals surface area contributed by atoms with E-state index in [9.17, 15) is 9.59 Å². The van der Waals surface area contributed by atoms with Crippen LogP contribution in [-0.2, 0) is 4.79 Å². The van der Waals surface area contributed by atoms with Crippen molar-refractivity contribution < 1.29 is 23.8 Å². The fourth-order valence-electron chi connectivity index (χ4n) is 2.73. The van der Waals surface area contributed by atoms with Crippen LogP contribution in [0, 0.1) is 6.92 Å². The molecule has 0 fully saturated rings. The highest BCUT2D eigenvalue weighted by Gasteiger charge is 2.15. The van der Waals surface area contributed by atoms with Crippen molar-refractivity contribution in [2.45, 2.75) is 20.0 Å². The molecule has 3 rings (SSSR count). The van der Waals surface area contributed by atoms with E-state index in [4.69, 9.17) is 25.8 Å². The number of carbonyl (C=O) groups excluding carboxylic acids is 2. The topological polar surface area (TPSA) is 86.2 Å². The van der Waals surface area contributed by atoms with E-state index < -0.39 is 18.0 Å². The van der Waals surface area contributed by atoms with Crippen molar-refractivity contribution in [3.63, 3.8) is 0 Å². The molecule has 0 saturated heterocycles. The van der Waals surface area contributed by atoms with Crippen LogP contribution in [0.5, 0.6) is 17.2 Å². The number of nitrogens with zero attached hydrogens (tertiary/aromatic N) is 1. The summed E-state index contributed by atoms with van der Waals surface area (Å²) in [6, 6.07) is 18.7. The number of ether oxygens (including phenoxy) is 3. The molecular formula is C25H23ClN2O5. The Kier molecular flexibility index (Phi) is 8.05. The van der Waals surface area contributed by atoms with Gasteiger partial charge in [-0.2, -0.15) is 5.10 Å². The van der Waals surface area contributed by atoms with Gasteiger partial charge in [-0.15, -0.1) is 0 Å². The molecule has 1 atom stereocenters. The molecule has 170 valence electrons. The van der Waals surface area contributed by atoms with E-state index in [2.05, 4.69) is 10.5 Å². The fraction of sp³-hybridized carbons (Fsp3) is 0.160.